The Hall–Kier alpha value is -3.00. The van der Waals surface area contributed by atoms with Crippen LogP contribution in [0.15, 0.2) is 24.5 Å². The fraction of sp³-hybridized carbons (Fsp3) is 0.458. The molecule has 5 rings (SSSR count). The molecular formula is C24H27FN4O3. The van der Waals surface area contributed by atoms with Crippen LogP contribution in [0.25, 0.3) is 22.3 Å². The molecule has 0 bridgehead atoms. The molecule has 1 amide bonds. The van der Waals surface area contributed by atoms with E-state index in [1.807, 2.05) is 6.92 Å². The van der Waals surface area contributed by atoms with E-state index in [2.05, 4.69) is 20.3 Å². The summed E-state index contributed by atoms with van der Waals surface area (Å²) in [5.41, 5.74) is 3.25. The van der Waals surface area contributed by atoms with Crippen LogP contribution >= 0.6 is 0 Å². The largest absolute Gasteiger partial charge is 0.493 e. The number of carbonyl (C=O) groups excluding carboxylic acids is 1. The van der Waals surface area contributed by atoms with Gasteiger partial charge in [-0.15, -0.1) is 0 Å². The van der Waals surface area contributed by atoms with Crippen molar-refractivity contribution < 1.29 is 19.0 Å². The number of halogens is 1. The highest BCUT2D eigenvalue weighted by molar-refractivity contribution is 6.09. The number of benzene rings is 1. The van der Waals surface area contributed by atoms with E-state index in [-0.39, 0.29) is 23.9 Å². The van der Waals surface area contributed by atoms with Crippen LogP contribution in [-0.2, 0) is 0 Å². The fourth-order valence-electron chi connectivity index (χ4n) is 4.39. The number of amides is 1. The second-order valence-electron chi connectivity index (χ2n) is 8.94. The van der Waals surface area contributed by atoms with Crippen molar-refractivity contribution in [2.24, 2.45) is 5.92 Å². The van der Waals surface area contributed by atoms with Crippen molar-refractivity contribution in [1.82, 2.24) is 20.3 Å². The van der Waals surface area contributed by atoms with Crippen LogP contribution in [0.3, 0.4) is 0 Å². The molecule has 0 saturated heterocycles. The number of hydrogen-bond acceptors (Lipinski definition) is 5. The third-order valence-corrected chi connectivity index (χ3v) is 6.40. The molecule has 7 nitrogen and oxygen atoms in total. The van der Waals surface area contributed by atoms with E-state index in [1.165, 1.54) is 18.5 Å². The first-order chi connectivity index (χ1) is 15.5. The lowest BCUT2D eigenvalue weighted by molar-refractivity contribution is 0.0868. The molecule has 2 aliphatic rings. The van der Waals surface area contributed by atoms with E-state index < -0.39 is 0 Å². The maximum Gasteiger partial charge on any atom is 0.255 e. The Kier molecular flexibility index (Phi) is 5.55. The van der Waals surface area contributed by atoms with E-state index in [9.17, 15) is 14.3 Å². The lowest BCUT2D eigenvalue weighted by Gasteiger charge is -2.26. The summed E-state index contributed by atoms with van der Waals surface area (Å²) >= 11 is 0. The molecule has 2 fully saturated rings. The quantitative estimate of drug-likeness (QED) is 0.542. The molecule has 8 heteroatoms. The first kappa shape index (κ1) is 20.9. The number of aromatic amines is 1. The Morgan fingerprint density at radius 2 is 2.00 bits per heavy atom. The number of aliphatic hydroxyl groups excluding tert-OH is 1. The molecule has 32 heavy (non-hydrogen) atoms. The van der Waals surface area contributed by atoms with Gasteiger partial charge in [0.05, 0.1) is 23.8 Å². The van der Waals surface area contributed by atoms with Crippen molar-refractivity contribution in [3.05, 3.63) is 41.6 Å². The smallest absolute Gasteiger partial charge is 0.255 e. The number of hydrogen-bond donors (Lipinski definition) is 3. The van der Waals surface area contributed by atoms with Gasteiger partial charge in [0.1, 0.15) is 29.1 Å². The maximum atomic E-state index is 14.2. The zero-order valence-electron chi connectivity index (χ0n) is 18.0. The van der Waals surface area contributed by atoms with E-state index in [4.69, 9.17) is 4.74 Å². The monoisotopic (exact) mass is 438 g/mol. The van der Waals surface area contributed by atoms with Gasteiger partial charge in [-0.1, -0.05) is 0 Å². The molecule has 0 spiro atoms. The first-order valence-corrected chi connectivity index (χ1v) is 11.2. The van der Waals surface area contributed by atoms with Gasteiger partial charge >= 0.3 is 0 Å². The highest BCUT2D eigenvalue weighted by Crippen LogP contribution is 2.36. The number of aromatic nitrogens is 3. The molecule has 2 heterocycles. The standard InChI is InChI=1S/C24H27FN4O3/c1-13-20(24(31)29-16-5-7-17(30)8-6-16)22-23(28-13)21(26-12-27-22)18-10-15(25)4-9-19(18)32-11-14-2-3-14/h4,9-10,12,14,16-17,28,30H,2-3,5-8,11H2,1H3,(H,29,31). The summed E-state index contributed by atoms with van der Waals surface area (Å²) in [4.78, 5) is 25.1. The summed E-state index contributed by atoms with van der Waals surface area (Å²) in [6.07, 6.45) is 6.30. The number of fused-ring (bicyclic) bond motifs is 1. The van der Waals surface area contributed by atoms with Crippen LogP contribution in [0, 0.1) is 18.7 Å². The zero-order chi connectivity index (χ0) is 22.2. The molecule has 0 aliphatic heterocycles. The summed E-state index contributed by atoms with van der Waals surface area (Å²) in [6, 6.07) is 4.45. The third-order valence-electron chi connectivity index (χ3n) is 6.40. The predicted molar refractivity (Wildman–Crippen MR) is 118 cm³/mol. The molecule has 0 atom stereocenters. The number of aliphatic hydroxyl groups is 1. The maximum absolute atomic E-state index is 14.2. The fourth-order valence-corrected chi connectivity index (χ4v) is 4.39. The van der Waals surface area contributed by atoms with Gasteiger partial charge in [-0.3, -0.25) is 4.79 Å². The van der Waals surface area contributed by atoms with Gasteiger partial charge in [0.25, 0.3) is 5.91 Å². The average Bonchev–Trinajstić information content (AvgIpc) is 3.54. The number of nitrogens with one attached hydrogen (secondary N) is 2. The highest BCUT2D eigenvalue weighted by atomic mass is 19.1. The van der Waals surface area contributed by atoms with Crippen molar-refractivity contribution in [3.8, 4) is 17.0 Å². The van der Waals surface area contributed by atoms with Crippen LogP contribution in [0.5, 0.6) is 5.75 Å². The van der Waals surface area contributed by atoms with Crippen molar-refractivity contribution in [2.45, 2.75) is 57.6 Å². The molecule has 0 radical (unpaired) electrons. The molecule has 168 valence electrons. The second kappa shape index (κ2) is 8.50. The van der Waals surface area contributed by atoms with Gasteiger partial charge in [-0.05, 0) is 69.6 Å². The van der Waals surface area contributed by atoms with Gasteiger partial charge in [0, 0.05) is 17.3 Å². The number of carbonyl (C=O) groups is 1. The number of rotatable bonds is 6. The Labute approximate surface area is 185 Å². The third kappa shape index (κ3) is 4.19. The van der Waals surface area contributed by atoms with Crippen LogP contribution in [-0.4, -0.2) is 44.7 Å². The Balaban J connectivity index is 1.49. The van der Waals surface area contributed by atoms with Crippen molar-refractivity contribution >= 4 is 16.9 Å². The minimum Gasteiger partial charge on any atom is -0.493 e. The van der Waals surface area contributed by atoms with E-state index >= 15 is 0 Å². The van der Waals surface area contributed by atoms with Gasteiger partial charge in [-0.25, -0.2) is 14.4 Å². The van der Waals surface area contributed by atoms with E-state index in [0.717, 1.165) is 25.7 Å². The summed E-state index contributed by atoms with van der Waals surface area (Å²) in [7, 11) is 0. The minimum absolute atomic E-state index is 0.0298. The Morgan fingerprint density at radius 1 is 1.22 bits per heavy atom. The second-order valence-corrected chi connectivity index (χ2v) is 8.94. The van der Waals surface area contributed by atoms with Crippen LogP contribution in [0.1, 0.15) is 54.6 Å². The molecule has 3 N–H and O–H groups in total. The number of aryl methyl sites for hydroxylation is 1. The molecule has 2 aliphatic carbocycles. The Bertz CT molecular complexity index is 1150. The van der Waals surface area contributed by atoms with E-state index in [0.29, 0.717) is 64.7 Å². The molecule has 0 unspecified atom stereocenters. The predicted octanol–water partition coefficient (Wildman–Crippen LogP) is 3.89. The molecule has 1 aromatic carbocycles. The normalized spacial score (nSPS) is 21.0. The number of nitrogens with zero attached hydrogens (tertiary/aromatic N) is 2. The number of ether oxygens (including phenoxy) is 1. The van der Waals surface area contributed by atoms with Gasteiger partial charge < -0.3 is 20.1 Å². The molecule has 2 saturated carbocycles. The minimum atomic E-state index is -0.383. The van der Waals surface area contributed by atoms with Gasteiger partial charge in [0.15, 0.2) is 0 Å². The summed E-state index contributed by atoms with van der Waals surface area (Å²) < 4.78 is 20.1. The van der Waals surface area contributed by atoms with Crippen molar-refractivity contribution in [1.29, 1.82) is 0 Å². The van der Waals surface area contributed by atoms with Gasteiger partial charge in [-0.2, -0.15) is 0 Å². The molecule has 2 aromatic heterocycles. The highest BCUT2D eigenvalue weighted by Gasteiger charge is 2.26. The van der Waals surface area contributed by atoms with Crippen LogP contribution < -0.4 is 10.1 Å². The Morgan fingerprint density at radius 3 is 2.75 bits per heavy atom. The first-order valence-electron chi connectivity index (χ1n) is 11.2. The molecular weight excluding hydrogens is 411 g/mol. The number of H-pyrrole nitrogens is 1. The topological polar surface area (TPSA) is 100 Å². The van der Waals surface area contributed by atoms with Crippen LogP contribution in [0.2, 0.25) is 0 Å². The van der Waals surface area contributed by atoms with Crippen molar-refractivity contribution in [2.75, 3.05) is 6.61 Å². The SMILES string of the molecule is Cc1[nH]c2c(-c3cc(F)ccc3OCC3CC3)ncnc2c1C(=O)NC1CCC(O)CC1. The average molecular weight is 439 g/mol. The summed E-state index contributed by atoms with van der Waals surface area (Å²) in [6.45, 7) is 2.42. The van der Waals surface area contributed by atoms with Gasteiger partial charge in [0.2, 0.25) is 0 Å². The lowest BCUT2D eigenvalue weighted by Crippen LogP contribution is -2.38. The van der Waals surface area contributed by atoms with E-state index in [1.54, 1.807) is 6.07 Å². The lowest BCUT2D eigenvalue weighted by atomic mass is 9.93. The molecule has 3 aromatic rings. The summed E-state index contributed by atoms with van der Waals surface area (Å²) in [5, 5.41) is 12.8. The van der Waals surface area contributed by atoms with Crippen LogP contribution in [0.4, 0.5) is 4.39 Å². The van der Waals surface area contributed by atoms with Crippen molar-refractivity contribution in [3.63, 3.8) is 0 Å². The zero-order valence-corrected chi connectivity index (χ0v) is 18.0. The summed E-state index contributed by atoms with van der Waals surface area (Å²) in [5.74, 6) is 0.537.